The van der Waals surface area contributed by atoms with Crippen LogP contribution in [0.5, 0.6) is 0 Å². The van der Waals surface area contributed by atoms with Gasteiger partial charge in [-0.25, -0.2) is 0 Å². The Morgan fingerprint density at radius 1 is 1.35 bits per heavy atom. The maximum Gasteiger partial charge on any atom is 0.220 e. The molecule has 4 heteroatoms. The van der Waals surface area contributed by atoms with Crippen LogP contribution in [0.25, 0.3) is 0 Å². The first-order chi connectivity index (χ1) is 7.87. The summed E-state index contributed by atoms with van der Waals surface area (Å²) in [7, 11) is 0. The van der Waals surface area contributed by atoms with Crippen molar-refractivity contribution >= 4 is 17.5 Å². The van der Waals surface area contributed by atoms with Crippen LogP contribution >= 0.6 is 11.6 Å². The number of carbonyl (C=O) groups excluding carboxylic acids is 1. The highest BCUT2D eigenvalue weighted by atomic mass is 35.5. The molecule has 0 aromatic heterocycles. The first-order valence-electron chi connectivity index (χ1n) is 5.67. The second kappa shape index (κ2) is 6.03. The standard InChI is InChI=1S/C13H19ClN2O/c1-13(2,15)8-7-12(17)16-9-10-3-5-11(14)6-4-10/h3-6H,7-9,15H2,1-2H3,(H,16,17). The number of hydrogen-bond donors (Lipinski definition) is 2. The number of halogens is 1. The summed E-state index contributed by atoms with van der Waals surface area (Å²) < 4.78 is 0. The average molecular weight is 255 g/mol. The van der Waals surface area contributed by atoms with Gasteiger partial charge in [-0.1, -0.05) is 23.7 Å². The zero-order chi connectivity index (χ0) is 12.9. The lowest BCUT2D eigenvalue weighted by Gasteiger charge is -2.17. The van der Waals surface area contributed by atoms with Crippen LogP contribution in [0.15, 0.2) is 24.3 Å². The summed E-state index contributed by atoms with van der Waals surface area (Å²) in [4.78, 5) is 11.5. The molecule has 1 amide bonds. The number of amides is 1. The van der Waals surface area contributed by atoms with Gasteiger partial charge in [-0.05, 0) is 38.0 Å². The van der Waals surface area contributed by atoms with Gasteiger partial charge in [-0.3, -0.25) is 4.79 Å². The van der Waals surface area contributed by atoms with E-state index < -0.39 is 0 Å². The monoisotopic (exact) mass is 254 g/mol. The Kier molecular flexibility index (Phi) is 4.97. The van der Waals surface area contributed by atoms with Crippen LogP contribution in [0.4, 0.5) is 0 Å². The van der Waals surface area contributed by atoms with E-state index in [4.69, 9.17) is 17.3 Å². The van der Waals surface area contributed by atoms with Gasteiger partial charge in [0, 0.05) is 23.5 Å². The highest BCUT2D eigenvalue weighted by Gasteiger charge is 2.12. The molecule has 17 heavy (non-hydrogen) atoms. The summed E-state index contributed by atoms with van der Waals surface area (Å²) in [5.74, 6) is 0.0264. The SMILES string of the molecule is CC(C)(N)CCC(=O)NCc1ccc(Cl)cc1. The Bertz CT molecular complexity index is 368. The molecule has 1 aromatic rings. The summed E-state index contributed by atoms with van der Waals surface area (Å²) >= 11 is 5.77. The molecule has 0 saturated heterocycles. The Hall–Kier alpha value is -1.06. The van der Waals surface area contributed by atoms with Crippen LogP contribution in [-0.2, 0) is 11.3 Å². The summed E-state index contributed by atoms with van der Waals surface area (Å²) in [6.07, 6.45) is 1.14. The van der Waals surface area contributed by atoms with Gasteiger partial charge in [0.15, 0.2) is 0 Å². The molecule has 3 N–H and O–H groups in total. The van der Waals surface area contributed by atoms with Crippen LogP contribution in [0.3, 0.4) is 0 Å². The molecule has 1 rings (SSSR count). The van der Waals surface area contributed by atoms with E-state index >= 15 is 0 Å². The van der Waals surface area contributed by atoms with Gasteiger partial charge in [0.2, 0.25) is 5.91 Å². The fourth-order valence-electron chi connectivity index (χ4n) is 1.33. The lowest BCUT2D eigenvalue weighted by atomic mass is 10.00. The highest BCUT2D eigenvalue weighted by Crippen LogP contribution is 2.10. The Labute approximate surface area is 107 Å². The molecule has 0 fully saturated rings. The number of benzene rings is 1. The van der Waals surface area contributed by atoms with Crippen LogP contribution in [0.1, 0.15) is 32.3 Å². The van der Waals surface area contributed by atoms with Crippen molar-refractivity contribution in [3.63, 3.8) is 0 Å². The topological polar surface area (TPSA) is 55.1 Å². The zero-order valence-electron chi connectivity index (χ0n) is 10.3. The maximum atomic E-state index is 11.5. The predicted octanol–water partition coefficient (Wildman–Crippen LogP) is 2.47. The van der Waals surface area contributed by atoms with Gasteiger partial charge in [0.25, 0.3) is 0 Å². The van der Waals surface area contributed by atoms with Crippen LogP contribution in [0.2, 0.25) is 5.02 Å². The minimum absolute atomic E-state index is 0.0264. The minimum Gasteiger partial charge on any atom is -0.352 e. The Morgan fingerprint density at radius 3 is 2.47 bits per heavy atom. The lowest BCUT2D eigenvalue weighted by Crippen LogP contribution is -2.34. The molecule has 0 atom stereocenters. The van der Waals surface area contributed by atoms with E-state index in [0.29, 0.717) is 24.4 Å². The molecule has 0 radical (unpaired) electrons. The zero-order valence-corrected chi connectivity index (χ0v) is 11.1. The quantitative estimate of drug-likeness (QED) is 0.848. The van der Waals surface area contributed by atoms with Crippen molar-refractivity contribution < 1.29 is 4.79 Å². The molecule has 3 nitrogen and oxygen atoms in total. The Morgan fingerprint density at radius 2 is 1.94 bits per heavy atom. The van der Waals surface area contributed by atoms with E-state index in [-0.39, 0.29) is 11.4 Å². The number of rotatable bonds is 5. The molecule has 0 saturated carbocycles. The van der Waals surface area contributed by atoms with Crippen molar-refractivity contribution in [1.29, 1.82) is 0 Å². The molecular weight excluding hydrogens is 236 g/mol. The van der Waals surface area contributed by atoms with Crippen molar-refractivity contribution in [2.45, 2.75) is 38.8 Å². The van der Waals surface area contributed by atoms with E-state index in [1.54, 1.807) is 0 Å². The summed E-state index contributed by atoms with van der Waals surface area (Å²) in [5, 5.41) is 3.55. The summed E-state index contributed by atoms with van der Waals surface area (Å²) in [5.41, 5.74) is 6.56. The number of carbonyl (C=O) groups is 1. The summed E-state index contributed by atoms with van der Waals surface area (Å²) in [6.45, 7) is 4.36. The van der Waals surface area contributed by atoms with Gasteiger partial charge in [-0.2, -0.15) is 0 Å². The molecular formula is C13H19ClN2O. The van der Waals surface area contributed by atoms with Crippen molar-refractivity contribution in [3.05, 3.63) is 34.9 Å². The fraction of sp³-hybridized carbons (Fsp3) is 0.462. The van der Waals surface area contributed by atoms with E-state index in [1.807, 2.05) is 38.1 Å². The van der Waals surface area contributed by atoms with Crippen LogP contribution in [-0.4, -0.2) is 11.4 Å². The second-order valence-electron chi connectivity index (χ2n) is 4.89. The normalized spacial score (nSPS) is 11.3. The average Bonchev–Trinajstić information content (AvgIpc) is 2.25. The third-order valence-electron chi connectivity index (χ3n) is 2.40. The predicted molar refractivity (Wildman–Crippen MR) is 70.8 cm³/mol. The van der Waals surface area contributed by atoms with E-state index in [9.17, 15) is 4.79 Å². The third-order valence-corrected chi connectivity index (χ3v) is 2.65. The first-order valence-corrected chi connectivity index (χ1v) is 6.05. The molecule has 0 aliphatic heterocycles. The van der Waals surface area contributed by atoms with Crippen LogP contribution in [0, 0.1) is 0 Å². The lowest BCUT2D eigenvalue weighted by molar-refractivity contribution is -0.121. The van der Waals surface area contributed by atoms with Crippen molar-refractivity contribution in [2.75, 3.05) is 0 Å². The third kappa shape index (κ3) is 6.29. The first kappa shape index (κ1) is 14.0. The summed E-state index contributed by atoms with van der Waals surface area (Å²) in [6, 6.07) is 7.42. The van der Waals surface area contributed by atoms with E-state index in [1.165, 1.54) is 0 Å². The number of hydrogen-bond acceptors (Lipinski definition) is 2. The van der Waals surface area contributed by atoms with Crippen molar-refractivity contribution in [2.24, 2.45) is 5.73 Å². The van der Waals surface area contributed by atoms with Gasteiger partial charge in [0.1, 0.15) is 0 Å². The fourth-order valence-corrected chi connectivity index (χ4v) is 1.45. The number of nitrogens with two attached hydrogens (primary N) is 1. The minimum atomic E-state index is -0.294. The van der Waals surface area contributed by atoms with Gasteiger partial charge in [0.05, 0.1) is 0 Å². The van der Waals surface area contributed by atoms with Gasteiger partial charge >= 0.3 is 0 Å². The molecule has 0 aliphatic carbocycles. The number of nitrogens with one attached hydrogen (secondary N) is 1. The highest BCUT2D eigenvalue weighted by molar-refractivity contribution is 6.30. The molecule has 94 valence electrons. The molecule has 0 spiro atoms. The molecule has 0 heterocycles. The van der Waals surface area contributed by atoms with Crippen LogP contribution < -0.4 is 11.1 Å². The molecule has 0 bridgehead atoms. The van der Waals surface area contributed by atoms with Gasteiger partial charge in [-0.15, -0.1) is 0 Å². The largest absolute Gasteiger partial charge is 0.352 e. The Balaban J connectivity index is 2.31. The van der Waals surface area contributed by atoms with E-state index in [2.05, 4.69) is 5.32 Å². The van der Waals surface area contributed by atoms with E-state index in [0.717, 1.165) is 5.56 Å². The smallest absolute Gasteiger partial charge is 0.220 e. The molecule has 1 aromatic carbocycles. The maximum absolute atomic E-state index is 11.5. The molecule has 0 unspecified atom stereocenters. The molecule has 0 aliphatic rings. The second-order valence-corrected chi connectivity index (χ2v) is 5.33. The van der Waals surface area contributed by atoms with Crippen molar-refractivity contribution in [1.82, 2.24) is 5.32 Å². The van der Waals surface area contributed by atoms with Gasteiger partial charge < -0.3 is 11.1 Å². The van der Waals surface area contributed by atoms with Crippen molar-refractivity contribution in [3.8, 4) is 0 Å².